The van der Waals surface area contributed by atoms with Crippen LogP contribution in [0.5, 0.6) is 0 Å². The topological polar surface area (TPSA) is 63.6 Å². The van der Waals surface area contributed by atoms with Crippen molar-refractivity contribution in [1.82, 2.24) is 0 Å². The van der Waals surface area contributed by atoms with Crippen molar-refractivity contribution in [3.63, 3.8) is 0 Å². The van der Waals surface area contributed by atoms with Gasteiger partial charge in [0.15, 0.2) is 0 Å². The average molecular weight is 342 g/mol. The van der Waals surface area contributed by atoms with E-state index in [1.807, 2.05) is 43.3 Å². The minimum absolute atomic E-state index is 0.0762. The van der Waals surface area contributed by atoms with Gasteiger partial charge in [0.25, 0.3) is 10.1 Å². The molecule has 0 saturated heterocycles. The van der Waals surface area contributed by atoms with Crippen molar-refractivity contribution in [3.05, 3.63) is 77.9 Å². The summed E-state index contributed by atoms with van der Waals surface area (Å²) in [5, 5.41) is 11.6. The van der Waals surface area contributed by atoms with Crippen LogP contribution < -0.4 is 0 Å². The monoisotopic (exact) mass is 342 g/mol. The van der Waals surface area contributed by atoms with Crippen LogP contribution in [-0.4, -0.2) is 20.1 Å². The molecule has 1 N–H and O–H groups in total. The Morgan fingerprint density at radius 1 is 0.958 bits per heavy atom. The Hall–Kier alpha value is -2.21. The lowest BCUT2D eigenvalue weighted by atomic mass is 10.0. The van der Waals surface area contributed by atoms with Crippen LogP contribution >= 0.6 is 0 Å². The fraction of sp³-hybridized carbons (Fsp3) is 0.158. The maximum atomic E-state index is 12.4. The van der Waals surface area contributed by atoms with Crippen LogP contribution in [-0.2, 0) is 14.3 Å². The molecular formula is C19H18O4S. The molecule has 0 aliphatic heterocycles. The van der Waals surface area contributed by atoms with Gasteiger partial charge in [0.05, 0.1) is 11.5 Å². The lowest BCUT2D eigenvalue weighted by molar-refractivity contribution is 0.122. The molecule has 0 fully saturated rings. The second-order valence-electron chi connectivity index (χ2n) is 5.64. The van der Waals surface area contributed by atoms with Crippen molar-refractivity contribution >= 4 is 20.9 Å². The molecule has 0 amide bonds. The molecule has 4 nitrogen and oxygen atoms in total. The number of benzene rings is 3. The first-order valence-corrected chi connectivity index (χ1v) is 9.00. The lowest BCUT2D eigenvalue weighted by Crippen LogP contribution is -2.15. The van der Waals surface area contributed by atoms with E-state index < -0.39 is 22.8 Å². The predicted molar refractivity (Wildman–Crippen MR) is 93.2 cm³/mol. The Bertz CT molecular complexity index is 947. The van der Waals surface area contributed by atoms with E-state index >= 15 is 0 Å². The van der Waals surface area contributed by atoms with Crippen LogP contribution in [0.3, 0.4) is 0 Å². The third-order valence-electron chi connectivity index (χ3n) is 3.86. The molecule has 0 heterocycles. The smallest absolute Gasteiger partial charge is 0.297 e. The van der Waals surface area contributed by atoms with Gasteiger partial charge in [0.2, 0.25) is 0 Å². The van der Waals surface area contributed by atoms with E-state index in [2.05, 4.69) is 0 Å². The van der Waals surface area contributed by atoms with Gasteiger partial charge in [0, 0.05) is 0 Å². The van der Waals surface area contributed by atoms with Gasteiger partial charge in [-0.1, -0.05) is 54.1 Å². The van der Waals surface area contributed by atoms with Gasteiger partial charge in [-0.15, -0.1) is 0 Å². The quantitative estimate of drug-likeness (QED) is 0.720. The third-order valence-corrected chi connectivity index (χ3v) is 5.20. The fourth-order valence-electron chi connectivity index (χ4n) is 2.51. The Balaban J connectivity index is 1.91. The minimum atomic E-state index is -3.95. The molecule has 3 rings (SSSR count). The van der Waals surface area contributed by atoms with Crippen molar-refractivity contribution in [2.24, 2.45) is 0 Å². The maximum Gasteiger partial charge on any atom is 0.297 e. The molecule has 5 heteroatoms. The fourth-order valence-corrected chi connectivity index (χ4v) is 3.57. The first-order chi connectivity index (χ1) is 11.5. The molecule has 0 aliphatic carbocycles. The summed E-state index contributed by atoms with van der Waals surface area (Å²) < 4.78 is 30.1. The molecule has 0 aliphatic rings. The minimum Gasteiger partial charge on any atom is -0.393 e. The van der Waals surface area contributed by atoms with Gasteiger partial charge in [-0.05, 0) is 41.5 Å². The number of aliphatic hydroxyl groups excluding tert-OH is 1. The summed E-state index contributed by atoms with van der Waals surface area (Å²) in [4.78, 5) is 0.0762. The number of fused-ring (bicyclic) bond motifs is 1. The first-order valence-electron chi connectivity index (χ1n) is 7.59. The lowest BCUT2D eigenvalue weighted by Gasteiger charge is -2.16. The highest BCUT2D eigenvalue weighted by atomic mass is 32.2. The van der Waals surface area contributed by atoms with Gasteiger partial charge in [-0.25, -0.2) is 0 Å². The number of aryl methyl sites for hydroxylation is 1. The third kappa shape index (κ3) is 3.48. The van der Waals surface area contributed by atoms with E-state index in [9.17, 15) is 13.5 Å². The summed E-state index contributed by atoms with van der Waals surface area (Å²) in [6.45, 7) is 1.45. The van der Waals surface area contributed by atoms with Crippen LogP contribution in [0.1, 0.15) is 17.2 Å². The van der Waals surface area contributed by atoms with E-state index in [4.69, 9.17) is 4.18 Å². The van der Waals surface area contributed by atoms with E-state index in [1.165, 1.54) is 12.1 Å². The van der Waals surface area contributed by atoms with Crippen LogP contribution in [0.15, 0.2) is 71.6 Å². The Kier molecular flexibility index (Phi) is 4.66. The van der Waals surface area contributed by atoms with E-state index in [1.54, 1.807) is 18.2 Å². The molecule has 3 aromatic carbocycles. The Labute approximate surface area is 141 Å². The molecule has 0 radical (unpaired) electrons. The van der Waals surface area contributed by atoms with Crippen LogP contribution in [0, 0.1) is 6.92 Å². The van der Waals surface area contributed by atoms with Gasteiger partial charge in [-0.2, -0.15) is 8.42 Å². The highest BCUT2D eigenvalue weighted by Gasteiger charge is 2.23. The van der Waals surface area contributed by atoms with Crippen molar-refractivity contribution in [2.75, 3.05) is 6.61 Å². The summed E-state index contributed by atoms with van der Waals surface area (Å²) in [7, 11) is -3.95. The van der Waals surface area contributed by atoms with Crippen molar-refractivity contribution < 1.29 is 17.7 Å². The van der Waals surface area contributed by atoms with Crippen molar-refractivity contribution in [2.45, 2.75) is 17.9 Å². The SMILES string of the molecule is Cc1ccc(S(=O)(=O)OC(CO)c2ccc3ccccc3c2)cc1. The molecule has 0 spiro atoms. The Morgan fingerprint density at radius 2 is 1.62 bits per heavy atom. The molecule has 1 unspecified atom stereocenters. The van der Waals surface area contributed by atoms with Crippen LogP contribution in [0.2, 0.25) is 0 Å². The van der Waals surface area contributed by atoms with Gasteiger partial charge in [-0.3, -0.25) is 4.18 Å². The first kappa shape index (κ1) is 16.6. The summed E-state index contributed by atoms with van der Waals surface area (Å²) in [5.74, 6) is 0. The molecule has 0 aromatic heterocycles. The molecule has 0 saturated carbocycles. The zero-order chi connectivity index (χ0) is 17.2. The summed E-state index contributed by atoms with van der Waals surface area (Å²) >= 11 is 0. The van der Waals surface area contributed by atoms with E-state index in [0.717, 1.165) is 16.3 Å². The number of rotatable bonds is 5. The van der Waals surface area contributed by atoms with E-state index in [-0.39, 0.29) is 4.90 Å². The van der Waals surface area contributed by atoms with Gasteiger partial charge in [0.1, 0.15) is 6.10 Å². The normalized spacial score (nSPS) is 13.1. The standard InChI is InChI=1S/C19H18O4S/c1-14-6-10-18(11-7-14)24(21,22)23-19(13-20)17-9-8-15-4-2-3-5-16(15)12-17/h2-12,19-20H,13H2,1H3. The largest absolute Gasteiger partial charge is 0.393 e. The molecule has 0 bridgehead atoms. The molecule has 124 valence electrons. The second-order valence-corrected chi connectivity index (χ2v) is 7.21. The molecule has 3 aromatic rings. The zero-order valence-electron chi connectivity index (χ0n) is 13.2. The van der Waals surface area contributed by atoms with Crippen molar-refractivity contribution in [3.8, 4) is 0 Å². The highest BCUT2D eigenvalue weighted by Crippen LogP contribution is 2.26. The number of hydrogen-bond acceptors (Lipinski definition) is 4. The number of hydrogen-bond donors (Lipinski definition) is 1. The summed E-state index contributed by atoms with van der Waals surface area (Å²) in [6, 6.07) is 19.6. The highest BCUT2D eigenvalue weighted by molar-refractivity contribution is 7.86. The van der Waals surface area contributed by atoms with Crippen LogP contribution in [0.4, 0.5) is 0 Å². The summed E-state index contributed by atoms with van der Waals surface area (Å²) in [6.07, 6.45) is -0.944. The molecule has 1 atom stereocenters. The zero-order valence-corrected chi connectivity index (χ0v) is 14.0. The predicted octanol–water partition coefficient (Wildman–Crippen LogP) is 3.59. The second kappa shape index (κ2) is 6.73. The number of aliphatic hydroxyl groups is 1. The van der Waals surface area contributed by atoms with Crippen molar-refractivity contribution in [1.29, 1.82) is 0 Å². The summed E-state index contributed by atoms with van der Waals surface area (Å²) in [5.41, 5.74) is 1.58. The molecular weight excluding hydrogens is 324 g/mol. The van der Waals surface area contributed by atoms with E-state index in [0.29, 0.717) is 5.56 Å². The van der Waals surface area contributed by atoms with Gasteiger partial charge < -0.3 is 5.11 Å². The molecule has 24 heavy (non-hydrogen) atoms. The maximum absolute atomic E-state index is 12.4. The average Bonchev–Trinajstić information content (AvgIpc) is 2.59. The van der Waals surface area contributed by atoms with Crippen LogP contribution in [0.25, 0.3) is 10.8 Å². The Morgan fingerprint density at radius 3 is 2.29 bits per heavy atom. The van der Waals surface area contributed by atoms with Gasteiger partial charge >= 0.3 is 0 Å².